The number of aryl methyl sites for hydroxylation is 1. The zero-order valence-corrected chi connectivity index (χ0v) is 26.0. The fourth-order valence-corrected chi connectivity index (χ4v) is 7.13. The van der Waals surface area contributed by atoms with Crippen LogP contribution in [0.1, 0.15) is 49.5 Å². The van der Waals surface area contributed by atoms with Crippen LogP contribution in [0, 0.1) is 6.92 Å². The van der Waals surface area contributed by atoms with E-state index in [1.165, 1.54) is 16.2 Å². The van der Waals surface area contributed by atoms with Crippen molar-refractivity contribution in [3.8, 4) is 0 Å². The molecule has 1 saturated heterocycles. The third-order valence-corrected chi connectivity index (χ3v) is 9.69. The van der Waals surface area contributed by atoms with Crippen LogP contribution in [0.5, 0.6) is 0 Å². The molecule has 1 aliphatic heterocycles. The van der Waals surface area contributed by atoms with Crippen molar-refractivity contribution < 1.29 is 22.7 Å². The Morgan fingerprint density at radius 2 is 1.72 bits per heavy atom. The van der Waals surface area contributed by atoms with Crippen molar-refractivity contribution in [2.45, 2.75) is 51.4 Å². The molecule has 1 fully saturated rings. The SMILES string of the molecule is Cc1csc(Nc2cnc3ccccc3n2)c1C(=O)Nc1cccc(NS(=O)(=O)C2CCN(C(=O)OC(C)(C)C)CC2)c1. The minimum Gasteiger partial charge on any atom is -0.444 e. The molecule has 0 spiro atoms. The molecule has 5 rings (SSSR count). The summed E-state index contributed by atoms with van der Waals surface area (Å²) >= 11 is 1.38. The molecule has 0 saturated carbocycles. The number of anilines is 4. The van der Waals surface area contributed by atoms with E-state index in [2.05, 4.69) is 25.3 Å². The quantitative estimate of drug-likeness (QED) is 0.223. The van der Waals surface area contributed by atoms with Crippen molar-refractivity contribution in [2.75, 3.05) is 28.4 Å². The van der Waals surface area contributed by atoms with Crippen LogP contribution in [-0.2, 0) is 14.8 Å². The van der Waals surface area contributed by atoms with E-state index >= 15 is 0 Å². The summed E-state index contributed by atoms with van der Waals surface area (Å²) in [6.07, 6.45) is 1.76. The molecule has 1 aliphatic rings. The highest BCUT2D eigenvalue weighted by Crippen LogP contribution is 2.32. The number of carbonyl (C=O) groups is 2. The Bertz CT molecular complexity index is 1760. The third-order valence-electron chi connectivity index (χ3n) is 6.81. The van der Waals surface area contributed by atoms with Crippen LogP contribution < -0.4 is 15.4 Å². The highest BCUT2D eigenvalue weighted by atomic mass is 32.2. The second kappa shape index (κ2) is 12.2. The summed E-state index contributed by atoms with van der Waals surface area (Å²) in [5.41, 5.74) is 2.91. The van der Waals surface area contributed by atoms with Gasteiger partial charge in [-0.3, -0.25) is 14.5 Å². The zero-order chi connectivity index (χ0) is 30.8. The van der Waals surface area contributed by atoms with Crippen LogP contribution in [0.15, 0.2) is 60.1 Å². The molecule has 43 heavy (non-hydrogen) atoms. The number of thiophene rings is 1. The maximum atomic E-state index is 13.4. The van der Waals surface area contributed by atoms with E-state index in [-0.39, 0.29) is 19.0 Å². The number of nitrogens with one attached hydrogen (secondary N) is 3. The number of benzene rings is 2. The number of hydrogen-bond acceptors (Lipinski definition) is 9. The van der Waals surface area contributed by atoms with Gasteiger partial charge in [-0.05, 0) is 81.8 Å². The average molecular weight is 623 g/mol. The maximum absolute atomic E-state index is 13.4. The van der Waals surface area contributed by atoms with Gasteiger partial charge in [0.05, 0.1) is 33.7 Å². The fraction of sp³-hybridized carbons (Fsp3) is 0.333. The molecule has 0 radical (unpaired) electrons. The van der Waals surface area contributed by atoms with E-state index in [1.807, 2.05) is 36.6 Å². The van der Waals surface area contributed by atoms with E-state index in [0.29, 0.717) is 40.6 Å². The summed E-state index contributed by atoms with van der Waals surface area (Å²) in [6, 6.07) is 14.1. The van der Waals surface area contributed by atoms with E-state index in [4.69, 9.17) is 4.74 Å². The van der Waals surface area contributed by atoms with E-state index in [0.717, 1.165) is 16.6 Å². The Labute approximate surface area is 254 Å². The van der Waals surface area contributed by atoms with Gasteiger partial charge in [-0.15, -0.1) is 11.3 Å². The molecule has 2 amide bonds. The van der Waals surface area contributed by atoms with Gasteiger partial charge < -0.3 is 20.3 Å². The Balaban J connectivity index is 1.23. The summed E-state index contributed by atoms with van der Waals surface area (Å²) < 4.78 is 34.4. The number of ether oxygens (including phenoxy) is 1. The molecule has 4 aromatic rings. The smallest absolute Gasteiger partial charge is 0.410 e. The first-order valence-corrected chi connectivity index (χ1v) is 16.3. The number of fused-ring (bicyclic) bond motifs is 1. The molecular weight excluding hydrogens is 589 g/mol. The van der Waals surface area contributed by atoms with E-state index in [1.54, 1.807) is 51.2 Å². The predicted molar refractivity (Wildman–Crippen MR) is 170 cm³/mol. The first kappa shape index (κ1) is 30.2. The number of para-hydroxylation sites is 2. The van der Waals surface area contributed by atoms with Crippen molar-refractivity contribution in [3.63, 3.8) is 0 Å². The van der Waals surface area contributed by atoms with E-state index in [9.17, 15) is 18.0 Å². The molecule has 0 unspecified atom stereocenters. The van der Waals surface area contributed by atoms with Crippen LogP contribution in [0.25, 0.3) is 11.0 Å². The molecule has 13 heteroatoms. The number of aromatic nitrogens is 2. The van der Waals surface area contributed by atoms with Gasteiger partial charge in [-0.1, -0.05) is 18.2 Å². The molecular formula is C30H34N6O5S2. The molecule has 3 N–H and O–H groups in total. The zero-order valence-electron chi connectivity index (χ0n) is 24.4. The summed E-state index contributed by atoms with van der Waals surface area (Å²) in [5, 5.41) is 7.93. The number of piperidine rings is 1. The summed E-state index contributed by atoms with van der Waals surface area (Å²) in [5.74, 6) is 0.174. The van der Waals surface area contributed by atoms with Crippen molar-refractivity contribution >= 4 is 66.6 Å². The third kappa shape index (κ3) is 7.41. The van der Waals surface area contributed by atoms with Crippen LogP contribution in [0.3, 0.4) is 0 Å². The number of rotatable bonds is 7. The monoisotopic (exact) mass is 622 g/mol. The second-order valence-corrected chi connectivity index (χ2v) is 14.2. The lowest BCUT2D eigenvalue weighted by molar-refractivity contribution is 0.0217. The molecule has 11 nitrogen and oxygen atoms in total. The summed E-state index contributed by atoms with van der Waals surface area (Å²) in [7, 11) is -3.74. The Morgan fingerprint density at radius 1 is 1.02 bits per heavy atom. The molecule has 226 valence electrons. The number of nitrogens with zero attached hydrogens (tertiary/aromatic N) is 3. The Morgan fingerprint density at radius 3 is 2.44 bits per heavy atom. The number of amides is 2. The number of sulfonamides is 1. The minimum absolute atomic E-state index is 0.289. The number of carbonyl (C=O) groups excluding carboxylic acids is 2. The van der Waals surface area contributed by atoms with Crippen molar-refractivity contribution in [1.82, 2.24) is 14.9 Å². The lowest BCUT2D eigenvalue weighted by Crippen LogP contribution is -2.45. The fourth-order valence-electron chi connectivity index (χ4n) is 4.73. The minimum atomic E-state index is -3.74. The van der Waals surface area contributed by atoms with Gasteiger partial charge in [-0.25, -0.2) is 18.2 Å². The Hall–Kier alpha value is -4.23. The average Bonchev–Trinajstić information content (AvgIpc) is 3.31. The van der Waals surface area contributed by atoms with Gasteiger partial charge in [0.25, 0.3) is 5.91 Å². The highest BCUT2D eigenvalue weighted by molar-refractivity contribution is 7.93. The summed E-state index contributed by atoms with van der Waals surface area (Å²) in [4.78, 5) is 36.3. The predicted octanol–water partition coefficient (Wildman–Crippen LogP) is 6.14. The molecule has 0 bridgehead atoms. The molecule has 3 heterocycles. The largest absolute Gasteiger partial charge is 0.444 e. The van der Waals surface area contributed by atoms with E-state index < -0.39 is 27.0 Å². The number of hydrogen-bond donors (Lipinski definition) is 3. The summed E-state index contributed by atoms with van der Waals surface area (Å²) in [6.45, 7) is 7.81. The van der Waals surface area contributed by atoms with Crippen molar-refractivity contribution in [2.24, 2.45) is 0 Å². The van der Waals surface area contributed by atoms with Gasteiger partial charge in [0.1, 0.15) is 16.4 Å². The van der Waals surface area contributed by atoms with Crippen molar-refractivity contribution in [1.29, 1.82) is 0 Å². The molecule has 0 aliphatic carbocycles. The van der Waals surface area contributed by atoms with Gasteiger partial charge in [-0.2, -0.15) is 0 Å². The van der Waals surface area contributed by atoms with Gasteiger partial charge in [0, 0.05) is 18.8 Å². The van der Waals surface area contributed by atoms with Crippen LogP contribution in [0.4, 0.5) is 27.0 Å². The molecule has 0 atom stereocenters. The standard InChI is InChI=1S/C30H34N6O5S2/c1-19-18-42-28(34-25-17-31-23-10-5-6-11-24(23)33-25)26(19)27(37)32-20-8-7-9-21(16-20)35-43(39,40)22-12-14-36(15-13-22)29(38)41-30(2,3)4/h5-11,16-18,22,35H,12-15H2,1-4H3,(H,32,37)(H,33,34). The van der Waals surface area contributed by atoms with Crippen LogP contribution >= 0.6 is 11.3 Å². The Kier molecular flexibility index (Phi) is 8.56. The van der Waals surface area contributed by atoms with Gasteiger partial charge in [0.2, 0.25) is 10.0 Å². The highest BCUT2D eigenvalue weighted by Gasteiger charge is 2.33. The van der Waals surface area contributed by atoms with Crippen LogP contribution in [0.2, 0.25) is 0 Å². The maximum Gasteiger partial charge on any atom is 0.410 e. The normalized spacial score (nSPS) is 14.4. The van der Waals surface area contributed by atoms with Gasteiger partial charge in [0.15, 0.2) is 0 Å². The molecule has 2 aromatic heterocycles. The van der Waals surface area contributed by atoms with Gasteiger partial charge >= 0.3 is 6.09 Å². The second-order valence-electron chi connectivity index (χ2n) is 11.3. The molecule has 2 aromatic carbocycles. The lowest BCUT2D eigenvalue weighted by Gasteiger charge is -2.33. The van der Waals surface area contributed by atoms with Crippen molar-refractivity contribution in [3.05, 3.63) is 71.2 Å². The lowest BCUT2D eigenvalue weighted by atomic mass is 10.1. The van der Waals surface area contributed by atoms with Crippen LogP contribution in [-0.4, -0.2) is 59.2 Å². The first-order chi connectivity index (χ1) is 20.4. The topological polar surface area (TPSA) is 143 Å². The number of likely N-dealkylation sites (tertiary alicyclic amines) is 1. The first-order valence-electron chi connectivity index (χ1n) is 13.9.